The molecule has 0 radical (unpaired) electrons. The number of carbonyl (C=O) groups is 1. The molecule has 0 N–H and O–H groups in total. The van der Waals surface area contributed by atoms with Gasteiger partial charge < -0.3 is 14.4 Å². The van der Waals surface area contributed by atoms with Gasteiger partial charge in [0.1, 0.15) is 11.4 Å². The Bertz CT molecular complexity index is 1310. The summed E-state index contributed by atoms with van der Waals surface area (Å²) in [6.07, 6.45) is 3.79. The Morgan fingerprint density at radius 3 is 2.38 bits per heavy atom. The molecule has 1 amide bonds. The van der Waals surface area contributed by atoms with Gasteiger partial charge in [-0.05, 0) is 74.9 Å². The first-order valence-electron chi connectivity index (χ1n) is 11.5. The molecule has 0 bridgehead atoms. The topological polar surface area (TPSA) is 46.3 Å². The summed E-state index contributed by atoms with van der Waals surface area (Å²) in [6, 6.07) is 18.6. The standard InChI is InChI=1S/C27H28FN5O/c1-19-7-6-8-24(17-19)32-16-15-31(18-20(32)2)27(34)25-21(3)29-33(23-11-9-22(28)10-12-23)26(25)30-13-4-5-14-30/h4-14,17,20H,15-16,18H2,1-3H3. The summed E-state index contributed by atoms with van der Waals surface area (Å²) in [4.78, 5) is 18.1. The van der Waals surface area contributed by atoms with Crippen LogP contribution >= 0.6 is 0 Å². The van der Waals surface area contributed by atoms with Gasteiger partial charge >= 0.3 is 0 Å². The van der Waals surface area contributed by atoms with Crippen molar-refractivity contribution in [3.63, 3.8) is 0 Å². The molecule has 6 nitrogen and oxygen atoms in total. The number of hydrogen-bond acceptors (Lipinski definition) is 3. The lowest BCUT2D eigenvalue weighted by molar-refractivity contribution is 0.0725. The van der Waals surface area contributed by atoms with Crippen LogP contribution in [0.15, 0.2) is 73.1 Å². The number of piperazine rings is 1. The number of amides is 1. The van der Waals surface area contributed by atoms with Gasteiger partial charge in [-0.1, -0.05) is 12.1 Å². The normalized spacial score (nSPS) is 16.2. The number of aryl methyl sites for hydroxylation is 2. The van der Waals surface area contributed by atoms with Crippen molar-refractivity contribution in [3.8, 4) is 11.5 Å². The fourth-order valence-corrected chi connectivity index (χ4v) is 4.73. The number of rotatable bonds is 4. The third-order valence-electron chi connectivity index (χ3n) is 6.42. The van der Waals surface area contributed by atoms with E-state index < -0.39 is 0 Å². The van der Waals surface area contributed by atoms with Crippen LogP contribution in [-0.4, -0.2) is 50.8 Å². The highest BCUT2D eigenvalue weighted by molar-refractivity contribution is 5.99. The van der Waals surface area contributed by atoms with Gasteiger partial charge in [0.05, 0.1) is 11.4 Å². The van der Waals surface area contributed by atoms with E-state index in [1.807, 2.05) is 40.9 Å². The molecular formula is C27H28FN5O. The maximum Gasteiger partial charge on any atom is 0.259 e. The van der Waals surface area contributed by atoms with Crippen LogP contribution in [0.3, 0.4) is 0 Å². The Hall–Kier alpha value is -3.87. The van der Waals surface area contributed by atoms with Gasteiger partial charge in [0.2, 0.25) is 0 Å². The number of halogens is 1. The number of nitrogens with zero attached hydrogens (tertiary/aromatic N) is 5. The summed E-state index contributed by atoms with van der Waals surface area (Å²) in [6.45, 7) is 8.12. The highest BCUT2D eigenvalue weighted by Crippen LogP contribution is 2.27. The van der Waals surface area contributed by atoms with Gasteiger partial charge in [-0.3, -0.25) is 4.79 Å². The maximum absolute atomic E-state index is 13.9. The summed E-state index contributed by atoms with van der Waals surface area (Å²) >= 11 is 0. The molecule has 1 fully saturated rings. The van der Waals surface area contributed by atoms with Gasteiger partial charge in [0, 0.05) is 43.8 Å². The second-order valence-electron chi connectivity index (χ2n) is 8.90. The lowest BCUT2D eigenvalue weighted by atomic mass is 10.1. The lowest BCUT2D eigenvalue weighted by Gasteiger charge is -2.41. The van der Waals surface area contributed by atoms with Crippen LogP contribution < -0.4 is 4.90 Å². The van der Waals surface area contributed by atoms with Crippen LogP contribution in [0.4, 0.5) is 10.1 Å². The molecular weight excluding hydrogens is 429 g/mol. The second-order valence-corrected chi connectivity index (χ2v) is 8.90. The van der Waals surface area contributed by atoms with E-state index in [1.165, 1.54) is 23.4 Å². The average molecular weight is 458 g/mol. The van der Waals surface area contributed by atoms with E-state index in [4.69, 9.17) is 0 Å². The Labute approximate surface area is 198 Å². The third kappa shape index (κ3) is 3.98. The van der Waals surface area contributed by atoms with Crippen molar-refractivity contribution in [1.29, 1.82) is 0 Å². The van der Waals surface area contributed by atoms with Gasteiger partial charge in [0.25, 0.3) is 5.91 Å². The zero-order valence-corrected chi connectivity index (χ0v) is 19.6. The van der Waals surface area contributed by atoms with Crippen LogP contribution in [0.1, 0.15) is 28.5 Å². The van der Waals surface area contributed by atoms with E-state index in [0.717, 1.165) is 6.54 Å². The quantitative estimate of drug-likeness (QED) is 0.444. The van der Waals surface area contributed by atoms with Crippen molar-refractivity contribution in [3.05, 3.63) is 95.7 Å². The first kappa shape index (κ1) is 21.9. The summed E-state index contributed by atoms with van der Waals surface area (Å²) < 4.78 is 17.2. The second kappa shape index (κ2) is 8.82. The minimum absolute atomic E-state index is 0.0368. The zero-order valence-electron chi connectivity index (χ0n) is 19.6. The number of carbonyl (C=O) groups excluding carboxylic acids is 1. The molecule has 34 heavy (non-hydrogen) atoms. The molecule has 1 atom stereocenters. The molecule has 3 heterocycles. The molecule has 1 aliphatic rings. The molecule has 5 rings (SSSR count). The van der Waals surface area contributed by atoms with Gasteiger partial charge in [-0.25, -0.2) is 9.07 Å². The average Bonchev–Trinajstić information content (AvgIpc) is 3.47. The Kier molecular flexibility index (Phi) is 5.69. The van der Waals surface area contributed by atoms with Crippen LogP contribution in [-0.2, 0) is 0 Å². The summed E-state index contributed by atoms with van der Waals surface area (Å²) in [5, 5.41) is 4.69. The number of anilines is 1. The molecule has 0 saturated carbocycles. The highest BCUT2D eigenvalue weighted by Gasteiger charge is 2.32. The number of aromatic nitrogens is 3. The van der Waals surface area contributed by atoms with E-state index in [-0.39, 0.29) is 17.8 Å². The zero-order chi connectivity index (χ0) is 23.8. The van der Waals surface area contributed by atoms with Crippen LogP contribution in [0.2, 0.25) is 0 Å². The van der Waals surface area contributed by atoms with Gasteiger partial charge in [-0.15, -0.1) is 0 Å². The lowest BCUT2D eigenvalue weighted by Crippen LogP contribution is -2.54. The first-order chi connectivity index (χ1) is 16.4. The molecule has 174 valence electrons. The first-order valence-corrected chi connectivity index (χ1v) is 11.5. The molecule has 2 aromatic heterocycles. The van der Waals surface area contributed by atoms with Crippen molar-refractivity contribution in [1.82, 2.24) is 19.2 Å². The fourth-order valence-electron chi connectivity index (χ4n) is 4.73. The van der Waals surface area contributed by atoms with Crippen LogP contribution in [0, 0.1) is 19.7 Å². The Morgan fingerprint density at radius 1 is 0.971 bits per heavy atom. The van der Waals surface area contributed by atoms with Crippen molar-refractivity contribution >= 4 is 11.6 Å². The summed E-state index contributed by atoms with van der Waals surface area (Å²) in [5.41, 5.74) is 4.32. The largest absolute Gasteiger partial charge is 0.365 e. The number of benzene rings is 2. The predicted octanol–water partition coefficient (Wildman–Crippen LogP) is 4.77. The molecule has 2 aromatic carbocycles. The van der Waals surface area contributed by atoms with Crippen molar-refractivity contribution < 1.29 is 9.18 Å². The molecule has 7 heteroatoms. The van der Waals surface area contributed by atoms with Crippen LogP contribution in [0.5, 0.6) is 0 Å². The van der Waals surface area contributed by atoms with Gasteiger partial charge in [0.15, 0.2) is 5.82 Å². The SMILES string of the molecule is Cc1cccc(N2CCN(C(=O)c3c(C)nn(-c4ccc(F)cc4)c3-n3cccc3)CC2C)c1. The molecule has 1 saturated heterocycles. The van der Waals surface area contributed by atoms with E-state index in [1.54, 1.807) is 16.8 Å². The summed E-state index contributed by atoms with van der Waals surface area (Å²) in [7, 11) is 0. The maximum atomic E-state index is 13.9. The Balaban J connectivity index is 1.48. The molecule has 1 aliphatic heterocycles. The number of hydrogen-bond donors (Lipinski definition) is 0. The van der Waals surface area contributed by atoms with Crippen molar-refractivity contribution in [2.75, 3.05) is 24.5 Å². The molecule has 1 unspecified atom stereocenters. The Morgan fingerprint density at radius 2 is 1.71 bits per heavy atom. The van der Waals surface area contributed by atoms with Gasteiger partial charge in [-0.2, -0.15) is 5.10 Å². The predicted molar refractivity (Wildman–Crippen MR) is 131 cm³/mol. The van der Waals surface area contributed by atoms with E-state index in [2.05, 4.69) is 48.1 Å². The molecule has 0 spiro atoms. The monoisotopic (exact) mass is 457 g/mol. The van der Waals surface area contributed by atoms with E-state index >= 15 is 0 Å². The molecule has 4 aromatic rings. The van der Waals surface area contributed by atoms with Crippen molar-refractivity contribution in [2.24, 2.45) is 0 Å². The van der Waals surface area contributed by atoms with Crippen molar-refractivity contribution in [2.45, 2.75) is 26.8 Å². The smallest absolute Gasteiger partial charge is 0.259 e. The minimum Gasteiger partial charge on any atom is -0.365 e. The minimum atomic E-state index is -0.313. The molecule has 0 aliphatic carbocycles. The van der Waals surface area contributed by atoms with Crippen LogP contribution in [0.25, 0.3) is 11.5 Å². The van der Waals surface area contributed by atoms with E-state index in [0.29, 0.717) is 35.9 Å². The third-order valence-corrected chi connectivity index (χ3v) is 6.42. The highest BCUT2D eigenvalue weighted by atomic mass is 19.1. The fraction of sp³-hybridized carbons (Fsp3) is 0.259. The van der Waals surface area contributed by atoms with E-state index in [9.17, 15) is 9.18 Å². The summed E-state index contributed by atoms with van der Waals surface area (Å²) in [5.74, 6) is 0.310.